The molecule has 2 rings (SSSR count). The van der Waals surface area contributed by atoms with E-state index >= 15 is 0 Å². The fraction of sp³-hybridized carbons (Fsp3) is 0.250. The lowest BCUT2D eigenvalue weighted by atomic mass is 10.3. The first kappa shape index (κ1) is 16.0. The Labute approximate surface area is 136 Å². The number of carbonyl (C=O) groups excluding carboxylic acids is 1. The molecule has 0 bridgehead atoms. The third kappa shape index (κ3) is 4.07. The summed E-state index contributed by atoms with van der Waals surface area (Å²) in [7, 11) is 0. The van der Waals surface area contributed by atoms with Gasteiger partial charge in [-0.1, -0.05) is 40.0 Å². The molecule has 21 heavy (non-hydrogen) atoms. The maximum absolute atomic E-state index is 11.9. The van der Waals surface area contributed by atoms with Gasteiger partial charge in [0.2, 0.25) is 5.91 Å². The Morgan fingerprint density at radius 1 is 1.33 bits per heavy atom. The number of hydrogen-bond acceptors (Lipinski definition) is 4. The molecule has 1 aromatic carbocycles. The molecule has 1 aromatic heterocycles. The van der Waals surface area contributed by atoms with E-state index in [4.69, 9.17) is 40.5 Å². The Morgan fingerprint density at radius 2 is 2.00 bits per heavy atom. The number of benzene rings is 1. The van der Waals surface area contributed by atoms with Crippen LogP contribution >= 0.6 is 34.8 Å². The van der Waals surface area contributed by atoms with Crippen molar-refractivity contribution in [3.63, 3.8) is 0 Å². The normalized spacial score (nSPS) is 12.2. The first-order valence-electron chi connectivity index (χ1n) is 5.97. The Kier molecular flexibility index (Phi) is 5.05. The number of carbonyl (C=O) groups is 1. The van der Waals surface area contributed by atoms with Crippen LogP contribution in [0.1, 0.15) is 18.7 Å². The molecule has 1 amide bonds. The Bertz CT molecular complexity index is 671. The third-order valence-corrected chi connectivity index (χ3v) is 3.65. The lowest BCUT2D eigenvalue weighted by molar-refractivity contribution is -0.116. The summed E-state index contributed by atoms with van der Waals surface area (Å²) in [6, 6.07) is 2.70. The maximum atomic E-state index is 11.9. The van der Waals surface area contributed by atoms with Crippen LogP contribution in [0.15, 0.2) is 18.3 Å². The average molecular weight is 349 g/mol. The number of hydrogen-bond donors (Lipinski definition) is 2. The van der Waals surface area contributed by atoms with E-state index in [0.29, 0.717) is 26.4 Å². The lowest BCUT2D eigenvalue weighted by Gasteiger charge is -2.08. The fourth-order valence-electron chi connectivity index (χ4n) is 1.55. The average Bonchev–Trinajstić information content (AvgIpc) is 2.84. The van der Waals surface area contributed by atoms with Gasteiger partial charge in [-0.25, -0.2) is 4.68 Å². The van der Waals surface area contributed by atoms with Crippen molar-refractivity contribution < 1.29 is 4.79 Å². The van der Waals surface area contributed by atoms with Gasteiger partial charge in [0.25, 0.3) is 0 Å². The highest BCUT2D eigenvalue weighted by Crippen LogP contribution is 2.32. The second kappa shape index (κ2) is 6.62. The van der Waals surface area contributed by atoms with Crippen molar-refractivity contribution in [3.8, 4) is 0 Å². The summed E-state index contributed by atoms with van der Waals surface area (Å²) in [5.74, 6) is -0.323. The fourth-order valence-corrected chi connectivity index (χ4v) is 2.15. The molecule has 1 unspecified atom stereocenters. The highest BCUT2D eigenvalue weighted by atomic mass is 35.5. The van der Waals surface area contributed by atoms with Crippen LogP contribution < -0.4 is 11.1 Å². The van der Waals surface area contributed by atoms with Crippen molar-refractivity contribution in [2.45, 2.75) is 19.5 Å². The monoisotopic (exact) mass is 347 g/mol. The maximum Gasteiger partial charge on any atom is 0.246 e. The van der Waals surface area contributed by atoms with Gasteiger partial charge >= 0.3 is 0 Å². The molecule has 0 spiro atoms. The van der Waals surface area contributed by atoms with E-state index in [0.717, 1.165) is 0 Å². The van der Waals surface area contributed by atoms with Gasteiger partial charge in [0.05, 0.1) is 32.6 Å². The number of anilines is 1. The molecule has 0 aliphatic carbocycles. The van der Waals surface area contributed by atoms with E-state index in [9.17, 15) is 4.79 Å². The van der Waals surface area contributed by atoms with Crippen LogP contribution in [0.4, 0.5) is 5.69 Å². The number of amides is 1. The molecule has 2 aromatic rings. The first-order chi connectivity index (χ1) is 9.86. The number of halogens is 3. The largest absolute Gasteiger partial charge is 0.323 e. The summed E-state index contributed by atoms with van der Waals surface area (Å²) in [6.07, 6.45) is 1.61. The van der Waals surface area contributed by atoms with Gasteiger partial charge in [-0.15, -0.1) is 5.10 Å². The van der Waals surface area contributed by atoms with Crippen molar-refractivity contribution in [2.24, 2.45) is 5.73 Å². The molecule has 0 radical (unpaired) electrons. The highest BCUT2D eigenvalue weighted by Gasteiger charge is 2.12. The molecule has 0 aliphatic heterocycles. The van der Waals surface area contributed by atoms with Crippen LogP contribution in [0.25, 0.3) is 0 Å². The van der Waals surface area contributed by atoms with E-state index in [2.05, 4.69) is 15.6 Å². The predicted octanol–water partition coefficient (Wildman–Crippen LogP) is 2.90. The van der Waals surface area contributed by atoms with Crippen LogP contribution in [0.2, 0.25) is 15.1 Å². The van der Waals surface area contributed by atoms with Crippen molar-refractivity contribution >= 4 is 46.4 Å². The van der Waals surface area contributed by atoms with E-state index in [1.54, 1.807) is 13.1 Å². The molecule has 0 aliphatic rings. The number of nitrogens with two attached hydrogens (primary N) is 1. The van der Waals surface area contributed by atoms with E-state index < -0.39 is 0 Å². The van der Waals surface area contributed by atoms with Crippen molar-refractivity contribution in [3.05, 3.63) is 39.1 Å². The molecular formula is C12H12Cl3N5O. The minimum Gasteiger partial charge on any atom is -0.323 e. The summed E-state index contributed by atoms with van der Waals surface area (Å²) >= 11 is 17.7. The molecule has 112 valence electrons. The number of aromatic nitrogens is 3. The zero-order valence-electron chi connectivity index (χ0n) is 11.0. The molecule has 3 N–H and O–H groups in total. The minimum atomic E-state index is -0.323. The minimum absolute atomic E-state index is 0.0176. The quantitative estimate of drug-likeness (QED) is 0.832. The molecule has 1 atom stereocenters. The van der Waals surface area contributed by atoms with Gasteiger partial charge in [-0.2, -0.15) is 0 Å². The van der Waals surface area contributed by atoms with Gasteiger partial charge < -0.3 is 11.1 Å². The lowest BCUT2D eigenvalue weighted by Crippen LogP contribution is -2.19. The smallest absolute Gasteiger partial charge is 0.246 e. The summed E-state index contributed by atoms with van der Waals surface area (Å²) in [4.78, 5) is 11.9. The number of nitrogens with zero attached hydrogens (tertiary/aromatic N) is 3. The van der Waals surface area contributed by atoms with Crippen molar-refractivity contribution in [1.29, 1.82) is 0 Å². The zero-order valence-corrected chi connectivity index (χ0v) is 13.2. The Balaban J connectivity index is 2.06. The second-order valence-electron chi connectivity index (χ2n) is 4.42. The Morgan fingerprint density at radius 3 is 2.62 bits per heavy atom. The topological polar surface area (TPSA) is 85.8 Å². The summed E-state index contributed by atoms with van der Waals surface area (Å²) in [5.41, 5.74) is 6.66. The van der Waals surface area contributed by atoms with Crippen LogP contribution in [-0.4, -0.2) is 20.9 Å². The van der Waals surface area contributed by atoms with Crippen LogP contribution in [0.5, 0.6) is 0 Å². The van der Waals surface area contributed by atoms with Crippen LogP contribution in [0.3, 0.4) is 0 Å². The first-order valence-corrected chi connectivity index (χ1v) is 7.10. The van der Waals surface area contributed by atoms with Gasteiger partial charge in [0, 0.05) is 6.04 Å². The Hall–Kier alpha value is -1.34. The number of nitrogens with one attached hydrogen (secondary N) is 1. The number of rotatable bonds is 4. The highest BCUT2D eigenvalue weighted by molar-refractivity contribution is 6.44. The molecule has 9 heteroatoms. The molecule has 0 saturated carbocycles. The second-order valence-corrected chi connectivity index (χ2v) is 5.65. The van der Waals surface area contributed by atoms with E-state index in [1.807, 2.05) is 0 Å². The zero-order chi connectivity index (χ0) is 15.6. The van der Waals surface area contributed by atoms with Gasteiger partial charge in [0.15, 0.2) is 0 Å². The SMILES string of the molecule is CC(N)c1cn(CC(=O)Nc2cc(Cl)c(Cl)cc2Cl)nn1. The summed E-state index contributed by atoms with van der Waals surface area (Å²) in [5, 5.41) is 11.2. The summed E-state index contributed by atoms with van der Waals surface area (Å²) in [6.45, 7) is 1.76. The predicted molar refractivity (Wildman–Crippen MR) is 82.7 cm³/mol. The van der Waals surface area contributed by atoms with Crippen LogP contribution in [0, 0.1) is 0 Å². The standard InChI is InChI=1S/C12H12Cl3N5O/c1-6(16)11-4-20(19-18-11)5-12(21)17-10-3-8(14)7(13)2-9(10)15/h2-4,6H,5,16H2,1H3,(H,17,21). The molecule has 0 fully saturated rings. The molecular weight excluding hydrogens is 337 g/mol. The van der Waals surface area contributed by atoms with Gasteiger partial charge in [-0.05, 0) is 19.1 Å². The molecule has 0 saturated heterocycles. The molecule has 6 nitrogen and oxygen atoms in total. The van der Waals surface area contributed by atoms with Crippen molar-refractivity contribution in [2.75, 3.05) is 5.32 Å². The van der Waals surface area contributed by atoms with Gasteiger partial charge in [-0.3, -0.25) is 4.79 Å². The summed E-state index contributed by atoms with van der Waals surface area (Å²) < 4.78 is 1.39. The van der Waals surface area contributed by atoms with E-state index in [1.165, 1.54) is 16.8 Å². The van der Waals surface area contributed by atoms with Crippen molar-refractivity contribution in [1.82, 2.24) is 15.0 Å². The third-order valence-electron chi connectivity index (χ3n) is 2.61. The van der Waals surface area contributed by atoms with Gasteiger partial charge in [0.1, 0.15) is 6.54 Å². The molecule has 1 heterocycles. The van der Waals surface area contributed by atoms with Crippen LogP contribution in [-0.2, 0) is 11.3 Å². The van der Waals surface area contributed by atoms with E-state index in [-0.39, 0.29) is 18.5 Å².